The molecule has 18 heavy (non-hydrogen) atoms. The Labute approximate surface area is 109 Å². The maximum atomic E-state index is 12.2. The summed E-state index contributed by atoms with van der Waals surface area (Å²) in [5, 5.41) is 2.62. The summed E-state index contributed by atoms with van der Waals surface area (Å²) >= 11 is 0. The smallest absolute Gasteiger partial charge is 0.218 e. The molecule has 0 bridgehead atoms. The largest absolute Gasteiger partial charge is 0.469 e. The van der Waals surface area contributed by atoms with Crippen molar-refractivity contribution in [2.24, 2.45) is 0 Å². The second-order valence-corrected chi connectivity index (χ2v) is 6.88. The Kier molecular flexibility index (Phi) is 5.37. The first-order valence-electron chi connectivity index (χ1n) is 6.08. The van der Waals surface area contributed by atoms with E-state index < -0.39 is 15.3 Å². The highest BCUT2D eigenvalue weighted by Crippen LogP contribution is 2.15. The van der Waals surface area contributed by atoms with Gasteiger partial charge in [-0.25, -0.2) is 12.7 Å². The first-order chi connectivity index (χ1) is 8.39. The van der Waals surface area contributed by atoms with E-state index in [-0.39, 0.29) is 0 Å². The molecule has 1 unspecified atom stereocenters. The van der Waals surface area contributed by atoms with Gasteiger partial charge in [-0.1, -0.05) is 6.92 Å². The zero-order valence-corrected chi connectivity index (χ0v) is 12.3. The van der Waals surface area contributed by atoms with Gasteiger partial charge >= 0.3 is 0 Å². The topological polar surface area (TPSA) is 62.6 Å². The van der Waals surface area contributed by atoms with Crippen LogP contribution in [0.5, 0.6) is 0 Å². The van der Waals surface area contributed by atoms with Gasteiger partial charge in [-0.2, -0.15) is 0 Å². The Morgan fingerprint density at radius 3 is 2.67 bits per heavy atom. The molecular weight excluding hydrogens is 252 g/mol. The number of hydrogen-bond acceptors (Lipinski definition) is 4. The van der Waals surface area contributed by atoms with Crippen LogP contribution in [0, 0.1) is 6.92 Å². The monoisotopic (exact) mass is 274 g/mol. The molecule has 0 aliphatic rings. The Morgan fingerprint density at radius 2 is 2.17 bits per heavy atom. The van der Waals surface area contributed by atoms with E-state index in [0.29, 0.717) is 13.1 Å². The summed E-state index contributed by atoms with van der Waals surface area (Å²) < 4.78 is 31.0. The highest BCUT2D eigenvalue weighted by Gasteiger charge is 2.26. The van der Waals surface area contributed by atoms with Crippen molar-refractivity contribution in [3.8, 4) is 0 Å². The van der Waals surface area contributed by atoms with Crippen molar-refractivity contribution in [1.82, 2.24) is 9.62 Å². The average Bonchev–Trinajstić information content (AvgIpc) is 2.71. The molecule has 0 aromatic carbocycles. The minimum absolute atomic E-state index is 0.348. The fraction of sp³-hybridized carbons (Fsp3) is 0.667. The van der Waals surface area contributed by atoms with Crippen LogP contribution < -0.4 is 5.32 Å². The summed E-state index contributed by atoms with van der Waals surface area (Å²) in [6.45, 7) is 7.09. The fourth-order valence-corrected chi connectivity index (χ4v) is 2.93. The standard InChI is InChI=1S/C12H22N2O3S/c1-5-13-8-10(2)18(15,16)14(4)9-12-6-7-17-11(12)3/h6-7,10,13H,5,8-9H2,1-4H3. The number of nitrogens with zero attached hydrogens (tertiary/aromatic N) is 1. The van der Waals surface area contributed by atoms with E-state index in [2.05, 4.69) is 5.32 Å². The Hall–Kier alpha value is -0.850. The maximum absolute atomic E-state index is 12.2. The lowest BCUT2D eigenvalue weighted by Crippen LogP contribution is -2.39. The molecule has 1 heterocycles. The third kappa shape index (κ3) is 3.57. The van der Waals surface area contributed by atoms with Crippen LogP contribution in [0.25, 0.3) is 0 Å². The van der Waals surface area contributed by atoms with Crippen LogP contribution >= 0.6 is 0 Å². The van der Waals surface area contributed by atoms with Crippen molar-refractivity contribution >= 4 is 10.0 Å². The molecule has 6 heteroatoms. The summed E-state index contributed by atoms with van der Waals surface area (Å²) in [6.07, 6.45) is 1.58. The molecule has 0 saturated heterocycles. The molecule has 1 aromatic rings. The molecule has 0 saturated carbocycles. The predicted octanol–water partition coefficient (Wildman–Crippen LogP) is 1.35. The van der Waals surface area contributed by atoms with E-state index in [1.54, 1.807) is 26.3 Å². The lowest BCUT2D eigenvalue weighted by atomic mass is 10.3. The second kappa shape index (κ2) is 6.36. The van der Waals surface area contributed by atoms with E-state index in [1.165, 1.54) is 4.31 Å². The Bertz CT molecular complexity index is 467. The summed E-state index contributed by atoms with van der Waals surface area (Å²) in [7, 11) is -1.67. The van der Waals surface area contributed by atoms with E-state index >= 15 is 0 Å². The van der Waals surface area contributed by atoms with Crippen molar-refractivity contribution < 1.29 is 12.8 Å². The van der Waals surface area contributed by atoms with Crippen LogP contribution in [0.4, 0.5) is 0 Å². The van der Waals surface area contributed by atoms with Crippen molar-refractivity contribution in [2.45, 2.75) is 32.6 Å². The van der Waals surface area contributed by atoms with Crippen molar-refractivity contribution in [3.05, 3.63) is 23.7 Å². The molecule has 1 N–H and O–H groups in total. The number of hydrogen-bond donors (Lipinski definition) is 1. The van der Waals surface area contributed by atoms with E-state index in [4.69, 9.17) is 4.42 Å². The van der Waals surface area contributed by atoms with Crippen molar-refractivity contribution in [2.75, 3.05) is 20.1 Å². The number of furan rings is 1. The molecule has 1 rings (SSSR count). The van der Waals surface area contributed by atoms with Gasteiger partial charge in [0.2, 0.25) is 10.0 Å². The summed E-state index contributed by atoms with van der Waals surface area (Å²) in [4.78, 5) is 0. The number of sulfonamides is 1. The van der Waals surface area contributed by atoms with Gasteiger partial charge < -0.3 is 9.73 Å². The SMILES string of the molecule is CCNCC(C)S(=O)(=O)N(C)Cc1ccoc1C. The molecule has 0 radical (unpaired) electrons. The molecular formula is C12H22N2O3S. The van der Waals surface area contributed by atoms with Gasteiger partial charge in [0.25, 0.3) is 0 Å². The summed E-state index contributed by atoms with van der Waals surface area (Å²) in [5.74, 6) is 0.761. The maximum Gasteiger partial charge on any atom is 0.218 e. The molecule has 5 nitrogen and oxygen atoms in total. The van der Waals surface area contributed by atoms with Gasteiger partial charge in [0.05, 0.1) is 11.5 Å². The normalized spacial score (nSPS) is 14.1. The predicted molar refractivity (Wildman–Crippen MR) is 71.8 cm³/mol. The average molecular weight is 274 g/mol. The lowest BCUT2D eigenvalue weighted by molar-refractivity contribution is 0.448. The zero-order chi connectivity index (χ0) is 13.8. The quantitative estimate of drug-likeness (QED) is 0.815. The molecule has 0 aliphatic carbocycles. The van der Waals surface area contributed by atoms with Crippen LogP contribution in [-0.2, 0) is 16.6 Å². The highest BCUT2D eigenvalue weighted by atomic mass is 32.2. The molecule has 1 atom stereocenters. The third-order valence-electron chi connectivity index (χ3n) is 2.98. The van der Waals surface area contributed by atoms with Crippen molar-refractivity contribution in [3.63, 3.8) is 0 Å². The van der Waals surface area contributed by atoms with Crippen LogP contribution in [0.1, 0.15) is 25.2 Å². The molecule has 0 spiro atoms. The molecule has 104 valence electrons. The van der Waals surface area contributed by atoms with Crippen LogP contribution in [-0.4, -0.2) is 38.1 Å². The number of rotatable bonds is 7. The van der Waals surface area contributed by atoms with Crippen LogP contribution in [0.3, 0.4) is 0 Å². The molecule has 1 aromatic heterocycles. The van der Waals surface area contributed by atoms with Crippen molar-refractivity contribution in [1.29, 1.82) is 0 Å². The first-order valence-corrected chi connectivity index (χ1v) is 7.58. The van der Waals surface area contributed by atoms with E-state index in [0.717, 1.165) is 17.9 Å². The van der Waals surface area contributed by atoms with Gasteiger partial charge in [-0.15, -0.1) is 0 Å². The number of aryl methyl sites for hydroxylation is 1. The third-order valence-corrected chi connectivity index (χ3v) is 5.17. The van der Waals surface area contributed by atoms with Gasteiger partial charge in [-0.05, 0) is 26.5 Å². The van der Waals surface area contributed by atoms with E-state index in [9.17, 15) is 8.42 Å². The zero-order valence-electron chi connectivity index (χ0n) is 11.4. The van der Waals surface area contributed by atoms with Gasteiger partial charge in [-0.3, -0.25) is 0 Å². The fourth-order valence-electron chi connectivity index (χ4n) is 1.67. The highest BCUT2D eigenvalue weighted by molar-refractivity contribution is 7.89. The molecule has 0 aliphatic heterocycles. The number of nitrogens with one attached hydrogen (secondary N) is 1. The molecule has 0 fully saturated rings. The van der Waals surface area contributed by atoms with Gasteiger partial charge in [0.15, 0.2) is 0 Å². The second-order valence-electron chi connectivity index (χ2n) is 4.42. The van der Waals surface area contributed by atoms with E-state index in [1.807, 2.05) is 13.8 Å². The summed E-state index contributed by atoms with van der Waals surface area (Å²) in [5.41, 5.74) is 0.900. The minimum Gasteiger partial charge on any atom is -0.469 e. The Morgan fingerprint density at radius 1 is 1.50 bits per heavy atom. The molecule has 0 amide bonds. The minimum atomic E-state index is -3.27. The first kappa shape index (κ1) is 15.2. The van der Waals surface area contributed by atoms with Gasteiger partial charge in [0.1, 0.15) is 5.76 Å². The van der Waals surface area contributed by atoms with Gasteiger partial charge in [0, 0.05) is 25.7 Å². The lowest BCUT2D eigenvalue weighted by Gasteiger charge is -2.21. The van der Waals surface area contributed by atoms with Crippen LogP contribution in [0.2, 0.25) is 0 Å². The van der Waals surface area contributed by atoms with Crippen LogP contribution in [0.15, 0.2) is 16.7 Å². The summed E-state index contributed by atoms with van der Waals surface area (Å²) in [6, 6.07) is 1.80. The Balaban J connectivity index is 2.70.